The van der Waals surface area contributed by atoms with Gasteiger partial charge in [0.15, 0.2) is 0 Å². The summed E-state index contributed by atoms with van der Waals surface area (Å²) in [6.45, 7) is 2.05. The van der Waals surface area contributed by atoms with Crippen molar-refractivity contribution in [3.63, 3.8) is 0 Å². The summed E-state index contributed by atoms with van der Waals surface area (Å²) in [4.78, 5) is 27.7. The van der Waals surface area contributed by atoms with E-state index in [1.54, 1.807) is 35.6 Å². The largest absolute Gasteiger partial charge is 0.352 e. The first-order valence-corrected chi connectivity index (χ1v) is 8.94. The zero-order valence-corrected chi connectivity index (χ0v) is 14.7. The summed E-state index contributed by atoms with van der Waals surface area (Å²) >= 11 is 1.70. The van der Waals surface area contributed by atoms with Crippen LogP contribution in [-0.2, 0) is 11.2 Å². The molecule has 0 spiro atoms. The molecule has 0 fully saturated rings. The second-order valence-corrected chi connectivity index (χ2v) is 6.81. The molecule has 2 aromatic carbocycles. The Kier molecular flexibility index (Phi) is 5.40. The zero-order chi connectivity index (χ0) is 17.6. The van der Waals surface area contributed by atoms with E-state index in [4.69, 9.17) is 0 Å². The van der Waals surface area contributed by atoms with Gasteiger partial charge in [0.2, 0.25) is 5.91 Å². The summed E-state index contributed by atoms with van der Waals surface area (Å²) < 4.78 is 1.20. The molecule has 0 radical (unpaired) electrons. The van der Waals surface area contributed by atoms with Crippen LogP contribution in [0.4, 0.5) is 5.69 Å². The summed E-state index contributed by atoms with van der Waals surface area (Å²) in [5.41, 5.74) is 2.29. The topological polar surface area (TPSA) is 71.1 Å². The van der Waals surface area contributed by atoms with Crippen molar-refractivity contribution < 1.29 is 9.59 Å². The number of hydrogen-bond donors (Lipinski definition) is 2. The number of carbonyl (C=O) groups excluding carboxylic acids is 2. The lowest BCUT2D eigenvalue weighted by Crippen LogP contribution is -2.24. The minimum Gasteiger partial charge on any atom is -0.352 e. The first-order valence-electron chi connectivity index (χ1n) is 8.12. The molecule has 0 unspecified atom stereocenters. The molecule has 0 saturated carbocycles. The molecule has 0 bridgehead atoms. The number of para-hydroxylation sites is 1. The standard InChI is InChI=1S/C19H19N3O2S/c1-13(23)21-15-10-8-14(9-11-15)19(24)20-12-4-7-18-22-16-5-2-3-6-17(16)25-18/h2-3,5-6,8-11H,4,7,12H2,1H3,(H,20,24)(H,21,23). The maximum atomic E-state index is 12.1. The highest BCUT2D eigenvalue weighted by atomic mass is 32.1. The van der Waals surface area contributed by atoms with Crippen molar-refractivity contribution in [3.8, 4) is 0 Å². The fourth-order valence-corrected chi connectivity index (χ4v) is 3.49. The number of carbonyl (C=O) groups is 2. The van der Waals surface area contributed by atoms with Crippen molar-refractivity contribution in [1.29, 1.82) is 0 Å². The van der Waals surface area contributed by atoms with Crippen molar-refractivity contribution >= 4 is 39.1 Å². The van der Waals surface area contributed by atoms with Crippen LogP contribution in [-0.4, -0.2) is 23.3 Å². The average Bonchev–Trinajstić information content (AvgIpc) is 3.01. The van der Waals surface area contributed by atoms with E-state index in [0.717, 1.165) is 23.4 Å². The van der Waals surface area contributed by atoms with Crippen LogP contribution in [0, 0.1) is 0 Å². The van der Waals surface area contributed by atoms with Crippen LogP contribution >= 0.6 is 11.3 Å². The summed E-state index contributed by atoms with van der Waals surface area (Å²) in [5, 5.41) is 6.68. The molecule has 2 amide bonds. The molecule has 0 aliphatic carbocycles. The minimum atomic E-state index is -0.132. The Hall–Kier alpha value is -2.73. The third-order valence-corrected chi connectivity index (χ3v) is 4.75. The number of fused-ring (bicyclic) bond motifs is 1. The summed E-state index contributed by atoms with van der Waals surface area (Å²) in [5.74, 6) is -0.245. The van der Waals surface area contributed by atoms with Gasteiger partial charge in [-0.3, -0.25) is 9.59 Å². The van der Waals surface area contributed by atoms with E-state index in [1.165, 1.54) is 11.6 Å². The van der Waals surface area contributed by atoms with Gasteiger partial charge in [0, 0.05) is 31.1 Å². The second-order valence-electron chi connectivity index (χ2n) is 5.69. The van der Waals surface area contributed by atoms with Crippen LogP contribution in [0.25, 0.3) is 10.2 Å². The Balaban J connectivity index is 1.46. The van der Waals surface area contributed by atoms with Crippen LogP contribution in [0.1, 0.15) is 28.7 Å². The molecule has 128 valence electrons. The van der Waals surface area contributed by atoms with Gasteiger partial charge in [-0.2, -0.15) is 0 Å². The number of rotatable bonds is 6. The number of anilines is 1. The maximum absolute atomic E-state index is 12.1. The van der Waals surface area contributed by atoms with Gasteiger partial charge < -0.3 is 10.6 Å². The average molecular weight is 353 g/mol. The lowest BCUT2D eigenvalue weighted by molar-refractivity contribution is -0.114. The molecule has 3 aromatic rings. The Morgan fingerprint density at radius 2 is 1.84 bits per heavy atom. The first-order chi connectivity index (χ1) is 12.1. The van der Waals surface area contributed by atoms with E-state index in [2.05, 4.69) is 21.7 Å². The molecule has 1 aromatic heterocycles. The van der Waals surface area contributed by atoms with Gasteiger partial charge in [0.1, 0.15) is 0 Å². The van der Waals surface area contributed by atoms with E-state index in [9.17, 15) is 9.59 Å². The Labute approximate surface area is 150 Å². The van der Waals surface area contributed by atoms with E-state index < -0.39 is 0 Å². The molecule has 25 heavy (non-hydrogen) atoms. The Bertz CT molecular complexity index is 854. The van der Waals surface area contributed by atoms with Crippen LogP contribution in [0.3, 0.4) is 0 Å². The molecular formula is C19H19N3O2S. The lowest BCUT2D eigenvalue weighted by Gasteiger charge is -2.06. The normalized spacial score (nSPS) is 10.6. The predicted molar refractivity (Wildman–Crippen MR) is 101 cm³/mol. The smallest absolute Gasteiger partial charge is 0.251 e. The number of nitrogens with zero attached hydrogens (tertiary/aromatic N) is 1. The SMILES string of the molecule is CC(=O)Nc1ccc(C(=O)NCCCc2nc3ccccc3s2)cc1. The zero-order valence-electron chi connectivity index (χ0n) is 13.9. The molecule has 6 heteroatoms. The van der Waals surface area contributed by atoms with Gasteiger partial charge in [-0.15, -0.1) is 11.3 Å². The van der Waals surface area contributed by atoms with Crippen LogP contribution in [0.5, 0.6) is 0 Å². The van der Waals surface area contributed by atoms with Gasteiger partial charge >= 0.3 is 0 Å². The third kappa shape index (κ3) is 4.64. The quantitative estimate of drug-likeness (QED) is 0.665. The summed E-state index contributed by atoms with van der Waals surface area (Å²) in [7, 11) is 0. The predicted octanol–water partition coefficient (Wildman–Crippen LogP) is 3.62. The maximum Gasteiger partial charge on any atom is 0.251 e. The second kappa shape index (κ2) is 7.90. The van der Waals surface area contributed by atoms with Crippen LogP contribution < -0.4 is 10.6 Å². The van der Waals surface area contributed by atoms with E-state index in [1.807, 2.05) is 18.2 Å². The van der Waals surface area contributed by atoms with E-state index >= 15 is 0 Å². The molecule has 3 rings (SSSR count). The highest BCUT2D eigenvalue weighted by molar-refractivity contribution is 7.18. The van der Waals surface area contributed by atoms with Crippen molar-refractivity contribution in [3.05, 3.63) is 59.1 Å². The van der Waals surface area contributed by atoms with E-state index in [0.29, 0.717) is 17.8 Å². The molecule has 1 heterocycles. The number of aromatic nitrogens is 1. The fraction of sp³-hybridized carbons (Fsp3) is 0.211. The molecule has 0 aliphatic rings. The van der Waals surface area contributed by atoms with Crippen molar-refractivity contribution in [2.75, 3.05) is 11.9 Å². The van der Waals surface area contributed by atoms with Crippen molar-refractivity contribution in [2.45, 2.75) is 19.8 Å². The lowest BCUT2D eigenvalue weighted by atomic mass is 10.2. The van der Waals surface area contributed by atoms with Gasteiger partial charge in [0.05, 0.1) is 15.2 Å². The highest BCUT2D eigenvalue weighted by Gasteiger charge is 2.06. The minimum absolute atomic E-state index is 0.112. The Morgan fingerprint density at radius 3 is 2.56 bits per heavy atom. The van der Waals surface area contributed by atoms with Crippen molar-refractivity contribution in [2.24, 2.45) is 0 Å². The number of amides is 2. The molecule has 0 aliphatic heterocycles. The number of nitrogens with one attached hydrogen (secondary N) is 2. The summed E-state index contributed by atoms with van der Waals surface area (Å²) in [6.07, 6.45) is 1.69. The third-order valence-electron chi connectivity index (χ3n) is 3.66. The van der Waals surface area contributed by atoms with Gasteiger partial charge in [-0.1, -0.05) is 12.1 Å². The first kappa shape index (κ1) is 17.1. The Morgan fingerprint density at radius 1 is 1.08 bits per heavy atom. The molecule has 2 N–H and O–H groups in total. The molecule has 5 nitrogen and oxygen atoms in total. The number of hydrogen-bond acceptors (Lipinski definition) is 4. The van der Waals surface area contributed by atoms with Crippen molar-refractivity contribution in [1.82, 2.24) is 10.3 Å². The van der Waals surface area contributed by atoms with Gasteiger partial charge in [-0.05, 0) is 42.8 Å². The highest BCUT2D eigenvalue weighted by Crippen LogP contribution is 2.22. The van der Waals surface area contributed by atoms with Crippen LogP contribution in [0.15, 0.2) is 48.5 Å². The molecule has 0 atom stereocenters. The number of benzene rings is 2. The monoisotopic (exact) mass is 353 g/mol. The van der Waals surface area contributed by atoms with Gasteiger partial charge in [-0.25, -0.2) is 4.98 Å². The summed E-state index contributed by atoms with van der Waals surface area (Å²) in [6, 6.07) is 14.9. The molecule has 0 saturated heterocycles. The number of thiazole rings is 1. The van der Waals surface area contributed by atoms with E-state index in [-0.39, 0.29) is 11.8 Å². The molecular weight excluding hydrogens is 334 g/mol. The van der Waals surface area contributed by atoms with Gasteiger partial charge in [0.25, 0.3) is 5.91 Å². The fourth-order valence-electron chi connectivity index (χ4n) is 2.48. The van der Waals surface area contributed by atoms with Crippen LogP contribution in [0.2, 0.25) is 0 Å². The number of aryl methyl sites for hydroxylation is 1.